The molecule has 0 amide bonds. The normalized spacial score (nSPS) is 11.0. The lowest BCUT2D eigenvalue weighted by Crippen LogP contribution is -2.24. The molecule has 4 rings (SSSR count). The van der Waals surface area contributed by atoms with Gasteiger partial charge in [0.2, 0.25) is 0 Å². The van der Waals surface area contributed by atoms with Gasteiger partial charge in [0.1, 0.15) is 17.5 Å². The van der Waals surface area contributed by atoms with Crippen LogP contribution in [-0.2, 0) is 6.54 Å². The minimum absolute atomic E-state index is 0.0944. The van der Waals surface area contributed by atoms with E-state index in [1.54, 1.807) is 36.1 Å². The van der Waals surface area contributed by atoms with E-state index in [0.29, 0.717) is 22.3 Å². The molecule has 2 heterocycles. The first kappa shape index (κ1) is 18.6. The van der Waals surface area contributed by atoms with Crippen LogP contribution in [0.2, 0.25) is 0 Å². The lowest BCUT2D eigenvalue weighted by atomic mass is 10.1. The highest BCUT2D eigenvalue weighted by atomic mass is 16.5. The summed E-state index contributed by atoms with van der Waals surface area (Å²) in [6.45, 7) is 3.92. The van der Waals surface area contributed by atoms with Crippen molar-refractivity contribution in [1.82, 2.24) is 19.3 Å². The van der Waals surface area contributed by atoms with E-state index < -0.39 is 0 Å². The van der Waals surface area contributed by atoms with Crippen LogP contribution in [0, 0.1) is 13.8 Å². The van der Waals surface area contributed by atoms with Gasteiger partial charge in [-0.1, -0.05) is 17.7 Å². The Kier molecular flexibility index (Phi) is 4.72. The number of carbonyl (C=O) groups excluding carboxylic acids is 1. The summed E-state index contributed by atoms with van der Waals surface area (Å²) in [5.74, 6) is 0.485. The van der Waals surface area contributed by atoms with E-state index in [9.17, 15) is 9.59 Å². The third-order valence-electron chi connectivity index (χ3n) is 4.86. The molecule has 0 unspecified atom stereocenters. The van der Waals surface area contributed by atoms with Crippen LogP contribution in [0.25, 0.3) is 16.7 Å². The maximum absolute atomic E-state index is 12.9. The zero-order valence-electron chi connectivity index (χ0n) is 16.4. The number of methoxy groups -OCH3 is 1. The molecule has 2 aromatic carbocycles. The Morgan fingerprint density at radius 2 is 1.86 bits per heavy atom. The largest absolute Gasteiger partial charge is 0.497 e. The second-order valence-corrected chi connectivity index (χ2v) is 6.91. The molecule has 7 heteroatoms. The highest BCUT2D eigenvalue weighted by Crippen LogP contribution is 2.19. The van der Waals surface area contributed by atoms with Crippen molar-refractivity contribution < 1.29 is 9.53 Å². The van der Waals surface area contributed by atoms with Crippen molar-refractivity contribution in [1.29, 1.82) is 0 Å². The lowest BCUT2D eigenvalue weighted by molar-refractivity contribution is 0.0970. The molecule has 4 aromatic rings. The second kappa shape index (κ2) is 7.35. The van der Waals surface area contributed by atoms with Crippen molar-refractivity contribution >= 4 is 16.8 Å². The maximum Gasteiger partial charge on any atom is 0.264 e. The van der Waals surface area contributed by atoms with Crippen LogP contribution in [0.1, 0.15) is 21.5 Å². The van der Waals surface area contributed by atoms with Crippen LogP contribution >= 0.6 is 0 Å². The number of ether oxygens (including phenoxy) is 1. The molecular formula is C22H20N4O3. The number of ketones is 1. The molecule has 0 spiro atoms. The van der Waals surface area contributed by atoms with E-state index in [4.69, 9.17) is 4.74 Å². The third kappa shape index (κ3) is 3.42. The molecule has 7 nitrogen and oxygen atoms in total. The van der Waals surface area contributed by atoms with Gasteiger partial charge < -0.3 is 4.74 Å². The highest BCUT2D eigenvalue weighted by Gasteiger charge is 2.15. The summed E-state index contributed by atoms with van der Waals surface area (Å²) in [7, 11) is 1.57. The first-order valence-electron chi connectivity index (χ1n) is 9.16. The van der Waals surface area contributed by atoms with E-state index in [1.807, 2.05) is 26.0 Å². The van der Waals surface area contributed by atoms with Gasteiger partial charge >= 0.3 is 0 Å². The fourth-order valence-corrected chi connectivity index (χ4v) is 3.30. The van der Waals surface area contributed by atoms with Crippen molar-refractivity contribution in [2.45, 2.75) is 20.4 Å². The van der Waals surface area contributed by atoms with Gasteiger partial charge in [-0.2, -0.15) is 5.10 Å². The molecule has 0 saturated carbocycles. The fraction of sp³-hybridized carbons (Fsp3) is 0.182. The van der Waals surface area contributed by atoms with E-state index in [2.05, 4.69) is 16.1 Å². The number of carbonyl (C=O) groups is 1. The molecule has 0 N–H and O–H groups in total. The zero-order valence-corrected chi connectivity index (χ0v) is 16.4. The summed E-state index contributed by atoms with van der Waals surface area (Å²) < 4.78 is 8.06. The van der Waals surface area contributed by atoms with Crippen LogP contribution in [-0.4, -0.2) is 32.2 Å². The second-order valence-electron chi connectivity index (χ2n) is 6.91. The van der Waals surface area contributed by atoms with Gasteiger partial charge in [0.25, 0.3) is 5.56 Å². The van der Waals surface area contributed by atoms with E-state index in [1.165, 1.54) is 17.1 Å². The Hall–Kier alpha value is -3.74. The molecule has 0 fully saturated rings. The van der Waals surface area contributed by atoms with Crippen LogP contribution in [0.5, 0.6) is 5.75 Å². The van der Waals surface area contributed by atoms with Crippen molar-refractivity contribution in [3.63, 3.8) is 0 Å². The number of fused-ring (bicyclic) bond motifs is 1. The van der Waals surface area contributed by atoms with Crippen LogP contribution < -0.4 is 10.3 Å². The predicted octanol–water partition coefficient (Wildman–Crippen LogP) is 3.09. The summed E-state index contributed by atoms with van der Waals surface area (Å²) in [6.07, 6.45) is 2.89. The van der Waals surface area contributed by atoms with Gasteiger partial charge in [-0.3, -0.25) is 14.2 Å². The van der Waals surface area contributed by atoms with Gasteiger partial charge in [-0.25, -0.2) is 9.67 Å². The predicted molar refractivity (Wildman–Crippen MR) is 110 cm³/mol. The number of aromatic nitrogens is 4. The van der Waals surface area contributed by atoms with Gasteiger partial charge in [0.05, 0.1) is 25.5 Å². The molecule has 2 aromatic heterocycles. The molecule has 0 aliphatic rings. The first-order valence-corrected chi connectivity index (χ1v) is 9.16. The summed E-state index contributed by atoms with van der Waals surface area (Å²) in [5, 5.41) is 4.73. The van der Waals surface area contributed by atoms with Gasteiger partial charge in [0, 0.05) is 5.56 Å². The van der Waals surface area contributed by atoms with E-state index >= 15 is 0 Å². The van der Waals surface area contributed by atoms with Crippen molar-refractivity contribution in [3.8, 4) is 11.4 Å². The topological polar surface area (TPSA) is 79.0 Å². The number of hydrogen-bond donors (Lipinski definition) is 0. The average Bonchev–Trinajstić information content (AvgIpc) is 3.14. The molecule has 0 aliphatic heterocycles. The van der Waals surface area contributed by atoms with E-state index in [0.717, 1.165) is 16.8 Å². The Morgan fingerprint density at radius 3 is 2.55 bits per heavy atom. The molecule has 0 aliphatic carbocycles. The average molecular weight is 388 g/mol. The van der Waals surface area contributed by atoms with Crippen LogP contribution in [0.3, 0.4) is 0 Å². The zero-order chi connectivity index (χ0) is 20.5. The standard InChI is InChI=1S/C22H20N4O3/c1-14-4-9-19(15(2)10-14)26-21-18(11-24-26)22(28)25(13-23-21)12-20(27)16-5-7-17(29-3)8-6-16/h4-11,13H,12H2,1-3H3. The third-order valence-corrected chi connectivity index (χ3v) is 4.86. The monoisotopic (exact) mass is 388 g/mol. The number of nitrogens with zero attached hydrogens (tertiary/aromatic N) is 4. The summed E-state index contributed by atoms with van der Waals surface area (Å²) in [6, 6.07) is 12.8. The fourth-order valence-electron chi connectivity index (χ4n) is 3.30. The van der Waals surface area contributed by atoms with Crippen molar-refractivity contribution in [2.24, 2.45) is 0 Å². The highest BCUT2D eigenvalue weighted by molar-refractivity contribution is 5.96. The number of hydrogen-bond acceptors (Lipinski definition) is 5. The minimum atomic E-state index is -0.298. The number of Topliss-reactive ketones (excluding diaryl/α,β-unsaturated/α-hetero) is 1. The molecule has 146 valence electrons. The minimum Gasteiger partial charge on any atom is -0.497 e. The van der Waals surface area contributed by atoms with Gasteiger partial charge in [-0.15, -0.1) is 0 Å². The molecule has 29 heavy (non-hydrogen) atoms. The van der Waals surface area contributed by atoms with Gasteiger partial charge in [-0.05, 0) is 49.7 Å². The summed E-state index contributed by atoms with van der Waals surface area (Å²) in [5.41, 5.74) is 3.72. The number of benzene rings is 2. The van der Waals surface area contributed by atoms with E-state index in [-0.39, 0.29) is 17.9 Å². The Bertz CT molecular complexity index is 1270. The number of rotatable bonds is 5. The lowest BCUT2D eigenvalue weighted by Gasteiger charge is -2.09. The van der Waals surface area contributed by atoms with Gasteiger partial charge in [0.15, 0.2) is 11.4 Å². The summed E-state index contributed by atoms with van der Waals surface area (Å²) >= 11 is 0. The number of aryl methyl sites for hydroxylation is 2. The summed E-state index contributed by atoms with van der Waals surface area (Å²) in [4.78, 5) is 29.8. The molecule has 0 bridgehead atoms. The molecule has 0 saturated heterocycles. The Morgan fingerprint density at radius 1 is 1.10 bits per heavy atom. The van der Waals surface area contributed by atoms with Crippen molar-refractivity contribution in [3.05, 3.63) is 82.0 Å². The van der Waals surface area contributed by atoms with Crippen LogP contribution in [0.4, 0.5) is 0 Å². The molecule has 0 atom stereocenters. The Balaban J connectivity index is 1.68. The first-order chi connectivity index (χ1) is 14.0. The Labute approximate surface area is 167 Å². The molecular weight excluding hydrogens is 368 g/mol. The SMILES string of the molecule is COc1ccc(C(=O)Cn2cnc3c(cnn3-c3ccc(C)cc3C)c2=O)cc1. The smallest absolute Gasteiger partial charge is 0.264 e. The van der Waals surface area contributed by atoms with Crippen LogP contribution in [0.15, 0.2) is 59.8 Å². The quantitative estimate of drug-likeness (QED) is 0.491. The maximum atomic E-state index is 12.9. The van der Waals surface area contributed by atoms with Crippen molar-refractivity contribution in [2.75, 3.05) is 7.11 Å². The molecule has 0 radical (unpaired) electrons.